The molecule has 1 aromatic carbocycles. The first kappa shape index (κ1) is 16.2. The van der Waals surface area contributed by atoms with E-state index in [9.17, 15) is 14.4 Å². The van der Waals surface area contributed by atoms with Gasteiger partial charge < -0.3 is 4.79 Å². The van der Waals surface area contributed by atoms with Crippen molar-refractivity contribution in [1.82, 2.24) is 0 Å². The highest BCUT2D eigenvalue weighted by Crippen LogP contribution is 2.17. The number of para-hydroxylation sites is 1. The summed E-state index contributed by atoms with van der Waals surface area (Å²) in [6, 6.07) is 8.86. The van der Waals surface area contributed by atoms with Gasteiger partial charge in [0.15, 0.2) is 0 Å². The first-order chi connectivity index (χ1) is 9.41. The fraction of sp³-hybridized carbons (Fsp3) is 0.267. The first-order valence-electron chi connectivity index (χ1n) is 6.04. The summed E-state index contributed by atoms with van der Waals surface area (Å²) in [6.45, 7) is 3.79. The number of rotatable bonds is 3. The Morgan fingerprint density at radius 2 is 1.55 bits per heavy atom. The van der Waals surface area contributed by atoms with E-state index in [-0.39, 0.29) is 16.6 Å². The lowest BCUT2D eigenvalue weighted by Crippen LogP contribution is -2.29. The van der Waals surface area contributed by atoms with Gasteiger partial charge in [0.25, 0.3) is 11.8 Å². The zero-order valence-corrected chi connectivity index (χ0v) is 12.5. The second-order valence-electron chi connectivity index (χ2n) is 4.61. The highest BCUT2D eigenvalue weighted by Gasteiger charge is 2.24. The summed E-state index contributed by atoms with van der Waals surface area (Å²) >= 11 is 1.56. The van der Waals surface area contributed by atoms with Gasteiger partial charge >= 0.3 is 0 Å². The number of amides is 2. The predicted molar refractivity (Wildman–Crippen MR) is 81.7 cm³/mol. The van der Waals surface area contributed by atoms with E-state index >= 15 is 0 Å². The fourth-order valence-corrected chi connectivity index (χ4v) is 1.38. The lowest BCUT2D eigenvalue weighted by molar-refractivity contribution is -0.120. The zero-order valence-electron chi connectivity index (χ0n) is 11.7. The third-order valence-electron chi connectivity index (χ3n) is 2.63. The maximum Gasteiger partial charge on any atom is 0.258 e. The van der Waals surface area contributed by atoms with Gasteiger partial charge in [0.05, 0.1) is 10.4 Å². The van der Waals surface area contributed by atoms with Crippen LogP contribution in [-0.4, -0.2) is 29.1 Å². The summed E-state index contributed by atoms with van der Waals surface area (Å²) in [5, 5.41) is 0. The Kier molecular flexibility index (Phi) is 5.70. The number of carbonyl (C=O) groups is 3. The summed E-state index contributed by atoms with van der Waals surface area (Å²) in [4.78, 5) is 33.6. The van der Waals surface area contributed by atoms with Crippen molar-refractivity contribution < 1.29 is 14.4 Å². The normalized spacial score (nSPS) is 14.1. The third kappa shape index (κ3) is 4.35. The molecular formula is C15H17NO3S. The summed E-state index contributed by atoms with van der Waals surface area (Å²) in [5.41, 5.74) is 0.613. The molecule has 0 aromatic heterocycles. The quantitative estimate of drug-likeness (QED) is 0.634. The number of benzene rings is 1. The Labute approximate surface area is 122 Å². The van der Waals surface area contributed by atoms with E-state index in [2.05, 4.69) is 0 Å². The van der Waals surface area contributed by atoms with Gasteiger partial charge in [-0.25, -0.2) is 4.90 Å². The Balaban J connectivity index is 0.000000246. The van der Waals surface area contributed by atoms with Crippen LogP contribution in [0.2, 0.25) is 0 Å². The van der Waals surface area contributed by atoms with Crippen LogP contribution in [0.25, 0.3) is 0 Å². The van der Waals surface area contributed by atoms with Crippen molar-refractivity contribution in [1.29, 1.82) is 0 Å². The van der Waals surface area contributed by atoms with Gasteiger partial charge in [-0.15, -0.1) is 0 Å². The Morgan fingerprint density at radius 3 is 1.90 bits per heavy atom. The van der Waals surface area contributed by atoms with Crippen molar-refractivity contribution in [3.63, 3.8) is 0 Å². The molecule has 4 nitrogen and oxygen atoms in total. The largest absolute Gasteiger partial charge is 0.302 e. The van der Waals surface area contributed by atoms with Gasteiger partial charge in [-0.3, -0.25) is 9.59 Å². The summed E-state index contributed by atoms with van der Waals surface area (Å²) in [7, 11) is 0. The number of hydrogen-bond donors (Lipinski definition) is 0. The lowest BCUT2D eigenvalue weighted by Gasteiger charge is -2.12. The van der Waals surface area contributed by atoms with Crippen molar-refractivity contribution >= 4 is 35.5 Å². The van der Waals surface area contributed by atoms with Crippen molar-refractivity contribution in [2.24, 2.45) is 0 Å². The summed E-state index contributed by atoms with van der Waals surface area (Å²) < 4.78 is -0.181. The molecule has 0 bridgehead atoms. The molecule has 1 aliphatic rings. The third-order valence-corrected chi connectivity index (χ3v) is 3.78. The van der Waals surface area contributed by atoms with E-state index in [0.717, 1.165) is 11.2 Å². The van der Waals surface area contributed by atoms with Crippen molar-refractivity contribution in [2.45, 2.75) is 18.6 Å². The number of thioether (sulfide) groups is 1. The smallest absolute Gasteiger partial charge is 0.258 e. The van der Waals surface area contributed by atoms with Gasteiger partial charge in [0.2, 0.25) is 0 Å². The SMILES string of the molecule is CSC(C)(C)C=O.O=C1C=CC(=O)N1c1ccccc1. The van der Waals surface area contributed by atoms with E-state index in [4.69, 9.17) is 0 Å². The van der Waals surface area contributed by atoms with Crippen molar-refractivity contribution in [3.05, 3.63) is 42.5 Å². The molecule has 0 spiro atoms. The minimum absolute atomic E-state index is 0.181. The molecule has 0 N–H and O–H groups in total. The minimum atomic E-state index is -0.281. The second-order valence-corrected chi connectivity index (χ2v) is 6.07. The molecule has 0 fully saturated rings. The highest BCUT2D eigenvalue weighted by atomic mass is 32.2. The predicted octanol–water partition coefficient (Wildman–Crippen LogP) is 2.44. The lowest BCUT2D eigenvalue weighted by atomic mass is 10.2. The molecule has 1 aromatic rings. The van der Waals surface area contributed by atoms with Crippen LogP contribution < -0.4 is 4.90 Å². The molecule has 0 saturated heterocycles. The van der Waals surface area contributed by atoms with Crippen LogP contribution in [0.1, 0.15) is 13.8 Å². The molecule has 1 heterocycles. The second kappa shape index (κ2) is 7.05. The van der Waals surface area contributed by atoms with Crippen LogP contribution in [-0.2, 0) is 14.4 Å². The van der Waals surface area contributed by atoms with Gasteiger partial charge in [-0.1, -0.05) is 18.2 Å². The van der Waals surface area contributed by atoms with Crippen LogP contribution in [0.3, 0.4) is 0 Å². The Hall–Kier alpha value is -1.88. The maximum atomic E-state index is 11.2. The van der Waals surface area contributed by atoms with Crippen LogP contribution in [0.15, 0.2) is 42.5 Å². The first-order valence-corrected chi connectivity index (χ1v) is 7.26. The number of carbonyl (C=O) groups excluding carboxylic acids is 3. The summed E-state index contributed by atoms with van der Waals surface area (Å²) in [6.07, 6.45) is 5.43. The van der Waals surface area contributed by atoms with Crippen LogP contribution in [0, 0.1) is 0 Å². The molecule has 2 rings (SSSR count). The maximum absolute atomic E-state index is 11.2. The van der Waals surface area contributed by atoms with E-state index < -0.39 is 0 Å². The zero-order chi connectivity index (χ0) is 15.2. The van der Waals surface area contributed by atoms with Gasteiger partial charge in [-0.2, -0.15) is 11.8 Å². The average molecular weight is 291 g/mol. The molecule has 0 saturated carbocycles. The van der Waals surface area contributed by atoms with E-state index in [1.807, 2.05) is 26.2 Å². The number of anilines is 1. The van der Waals surface area contributed by atoms with E-state index in [0.29, 0.717) is 5.69 Å². The number of aldehydes is 1. The van der Waals surface area contributed by atoms with Gasteiger partial charge in [0.1, 0.15) is 6.29 Å². The van der Waals surface area contributed by atoms with Crippen molar-refractivity contribution in [2.75, 3.05) is 11.2 Å². The highest BCUT2D eigenvalue weighted by molar-refractivity contribution is 8.00. The van der Waals surface area contributed by atoms with E-state index in [1.165, 1.54) is 12.2 Å². The Bertz CT molecular complexity index is 505. The van der Waals surface area contributed by atoms with Gasteiger partial charge in [0, 0.05) is 12.2 Å². The molecule has 0 unspecified atom stereocenters. The van der Waals surface area contributed by atoms with Gasteiger partial charge in [-0.05, 0) is 32.2 Å². The van der Waals surface area contributed by atoms with Crippen LogP contribution in [0.4, 0.5) is 5.69 Å². The molecule has 20 heavy (non-hydrogen) atoms. The molecule has 0 radical (unpaired) electrons. The number of hydrogen-bond acceptors (Lipinski definition) is 4. The minimum Gasteiger partial charge on any atom is -0.302 e. The van der Waals surface area contributed by atoms with Crippen LogP contribution in [0.5, 0.6) is 0 Å². The molecule has 1 aliphatic heterocycles. The molecule has 5 heteroatoms. The summed E-state index contributed by atoms with van der Waals surface area (Å²) in [5.74, 6) is -0.563. The number of imide groups is 1. The fourth-order valence-electron chi connectivity index (χ4n) is 1.28. The van der Waals surface area contributed by atoms with Crippen molar-refractivity contribution in [3.8, 4) is 0 Å². The Morgan fingerprint density at radius 1 is 1.05 bits per heavy atom. The average Bonchev–Trinajstić information content (AvgIpc) is 2.80. The molecular weight excluding hydrogens is 274 g/mol. The molecule has 2 amide bonds. The number of nitrogens with zero attached hydrogens (tertiary/aromatic N) is 1. The van der Waals surface area contributed by atoms with Crippen LogP contribution >= 0.6 is 11.8 Å². The van der Waals surface area contributed by atoms with E-state index in [1.54, 1.807) is 36.0 Å². The molecule has 0 aliphatic carbocycles. The topological polar surface area (TPSA) is 54.5 Å². The molecule has 0 atom stereocenters. The monoisotopic (exact) mass is 291 g/mol. The standard InChI is InChI=1S/C10H7NO2.C5H10OS/c12-9-6-7-10(13)11(9)8-4-2-1-3-5-8;1-5(2,4-6)7-3/h1-7H;4H,1-3H3. The molecule has 106 valence electrons.